The van der Waals surface area contributed by atoms with Crippen molar-refractivity contribution in [2.24, 2.45) is 0 Å². The van der Waals surface area contributed by atoms with Gasteiger partial charge in [0.2, 0.25) is 0 Å². The summed E-state index contributed by atoms with van der Waals surface area (Å²) in [5.41, 5.74) is 3.30. The van der Waals surface area contributed by atoms with E-state index in [0.717, 1.165) is 16.7 Å². The van der Waals surface area contributed by atoms with Crippen LogP contribution in [-0.4, -0.2) is 24.1 Å². The number of terminal acetylenes is 1. The van der Waals surface area contributed by atoms with Gasteiger partial charge in [0.15, 0.2) is 0 Å². The van der Waals surface area contributed by atoms with Gasteiger partial charge in [-0.2, -0.15) is 12.6 Å². The monoisotopic (exact) mass is 446 g/mol. The lowest BCUT2D eigenvalue weighted by Crippen LogP contribution is -2.41. The Hall–Kier alpha value is -2.55. The summed E-state index contributed by atoms with van der Waals surface area (Å²) >= 11 is 4.83. The first-order valence-electron chi connectivity index (χ1n) is 10.8. The lowest BCUT2D eigenvalue weighted by Gasteiger charge is -2.30. The molecule has 0 radical (unpaired) electrons. The van der Waals surface area contributed by atoms with Gasteiger partial charge in [-0.1, -0.05) is 91.0 Å². The third kappa shape index (κ3) is 8.18. The van der Waals surface area contributed by atoms with Crippen LogP contribution < -0.4 is 0 Å². The van der Waals surface area contributed by atoms with Gasteiger partial charge in [0.1, 0.15) is 0 Å². The molecule has 3 aromatic rings. The Morgan fingerprint density at radius 1 is 0.688 bits per heavy atom. The molecule has 0 aliphatic heterocycles. The molecule has 166 valence electrons. The molecule has 0 saturated carbocycles. The number of thiol groups is 1. The molecule has 4 heteroatoms. The van der Waals surface area contributed by atoms with Crippen molar-refractivity contribution in [2.45, 2.75) is 43.7 Å². The maximum Gasteiger partial charge on any atom is 0.0988 e. The Balaban J connectivity index is 1.65. The van der Waals surface area contributed by atoms with Crippen LogP contribution in [0.3, 0.4) is 0 Å². The van der Waals surface area contributed by atoms with E-state index in [9.17, 15) is 0 Å². The average molecular weight is 447 g/mol. The molecule has 3 atom stereocenters. The second kappa shape index (κ2) is 13.8. The summed E-state index contributed by atoms with van der Waals surface area (Å²) in [6.07, 6.45) is 5.49. The van der Waals surface area contributed by atoms with Crippen LogP contribution in [0.15, 0.2) is 91.0 Å². The molecular formula is C28H30O3S. The van der Waals surface area contributed by atoms with Crippen LogP contribution >= 0.6 is 12.6 Å². The number of hydrogen-bond donors (Lipinski definition) is 1. The smallest absolute Gasteiger partial charge is 0.0988 e. The van der Waals surface area contributed by atoms with Gasteiger partial charge in [-0.15, -0.1) is 12.3 Å². The minimum absolute atomic E-state index is 0.198. The first kappa shape index (κ1) is 24.1. The fraction of sp³-hybridized carbons (Fsp3) is 0.286. The molecule has 3 aromatic carbocycles. The van der Waals surface area contributed by atoms with Crippen LogP contribution in [0.25, 0.3) is 0 Å². The van der Waals surface area contributed by atoms with E-state index in [2.05, 4.69) is 5.92 Å². The zero-order valence-electron chi connectivity index (χ0n) is 18.2. The van der Waals surface area contributed by atoms with Crippen molar-refractivity contribution in [2.75, 3.05) is 6.61 Å². The van der Waals surface area contributed by atoms with Gasteiger partial charge >= 0.3 is 0 Å². The molecule has 3 nitrogen and oxygen atoms in total. The molecule has 0 aliphatic carbocycles. The predicted molar refractivity (Wildman–Crippen MR) is 132 cm³/mol. The van der Waals surface area contributed by atoms with E-state index >= 15 is 0 Å². The number of benzene rings is 3. The van der Waals surface area contributed by atoms with Crippen molar-refractivity contribution in [3.05, 3.63) is 108 Å². The highest BCUT2D eigenvalue weighted by Gasteiger charge is 2.29. The SMILES string of the molecule is C#CC[C@@H](OCc1ccccc1)[C@H](OCc1ccccc1)[C@H](S)COCc1ccccc1. The highest BCUT2D eigenvalue weighted by molar-refractivity contribution is 7.81. The lowest BCUT2D eigenvalue weighted by molar-refractivity contribution is -0.0906. The van der Waals surface area contributed by atoms with E-state index in [1.165, 1.54) is 0 Å². The predicted octanol–water partition coefficient (Wildman–Crippen LogP) is 5.70. The minimum Gasteiger partial charge on any atom is -0.376 e. The molecule has 0 fully saturated rings. The van der Waals surface area contributed by atoms with Gasteiger partial charge in [-0.05, 0) is 16.7 Å². The molecule has 0 spiro atoms. The molecule has 0 saturated heterocycles. The molecule has 0 heterocycles. The molecule has 3 rings (SSSR count). The summed E-state index contributed by atoms with van der Waals surface area (Å²) in [4.78, 5) is 0. The molecule has 0 aromatic heterocycles. The van der Waals surface area contributed by atoms with Crippen molar-refractivity contribution in [3.8, 4) is 12.3 Å². The van der Waals surface area contributed by atoms with Gasteiger partial charge in [0.25, 0.3) is 0 Å². The van der Waals surface area contributed by atoms with Crippen molar-refractivity contribution in [1.82, 2.24) is 0 Å². The summed E-state index contributed by atoms with van der Waals surface area (Å²) in [5.74, 6) is 2.74. The maximum atomic E-state index is 6.32. The standard InChI is InChI=1S/C28H30O3S/c1-2-12-26(30-20-24-15-8-4-9-16-24)28(31-21-25-17-10-5-11-18-25)27(32)22-29-19-23-13-6-3-7-14-23/h1,3-11,13-18,26-28,32H,12,19-22H2/t26-,27-,28+/m1/s1. The van der Waals surface area contributed by atoms with Crippen LogP contribution in [0.2, 0.25) is 0 Å². The zero-order chi connectivity index (χ0) is 22.4. The van der Waals surface area contributed by atoms with Crippen LogP contribution in [0.4, 0.5) is 0 Å². The minimum atomic E-state index is -0.325. The summed E-state index contributed by atoms with van der Waals surface area (Å²) in [6, 6.07) is 30.2. The molecule has 0 unspecified atom stereocenters. The van der Waals surface area contributed by atoms with Crippen LogP contribution in [0.1, 0.15) is 23.1 Å². The second-order valence-corrected chi connectivity index (χ2v) is 8.24. The van der Waals surface area contributed by atoms with Crippen LogP contribution in [0.5, 0.6) is 0 Å². The fourth-order valence-corrected chi connectivity index (χ4v) is 3.75. The first-order chi connectivity index (χ1) is 15.8. The van der Waals surface area contributed by atoms with Gasteiger partial charge in [-0.3, -0.25) is 0 Å². The summed E-state index contributed by atoms with van der Waals surface area (Å²) < 4.78 is 18.5. The molecule has 0 aliphatic rings. The Morgan fingerprint density at radius 2 is 1.16 bits per heavy atom. The Labute approximate surface area is 197 Å². The molecule has 0 N–H and O–H groups in total. The highest BCUT2D eigenvalue weighted by atomic mass is 32.1. The van der Waals surface area contributed by atoms with Crippen LogP contribution in [0, 0.1) is 12.3 Å². The zero-order valence-corrected chi connectivity index (χ0v) is 19.1. The van der Waals surface area contributed by atoms with E-state index in [-0.39, 0.29) is 17.5 Å². The van der Waals surface area contributed by atoms with E-state index in [4.69, 9.17) is 33.3 Å². The normalized spacial score (nSPS) is 13.8. The third-order valence-electron chi connectivity index (χ3n) is 5.06. The summed E-state index contributed by atoms with van der Waals surface area (Å²) in [5, 5.41) is -0.198. The molecular weight excluding hydrogens is 416 g/mol. The lowest BCUT2D eigenvalue weighted by atomic mass is 10.1. The third-order valence-corrected chi connectivity index (χ3v) is 5.50. The van der Waals surface area contributed by atoms with E-state index in [1.54, 1.807) is 0 Å². The first-order valence-corrected chi connectivity index (χ1v) is 11.3. The van der Waals surface area contributed by atoms with E-state index in [1.807, 2.05) is 91.0 Å². The summed E-state index contributed by atoms with van der Waals surface area (Å²) in [7, 11) is 0. The van der Waals surface area contributed by atoms with Gasteiger partial charge in [0, 0.05) is 6.42 Å². The van der Waals surface area contributed by atoms with Crippen molar-refractivity contribution >= 4 is 12.6 Å². The van der Waals surface area contributed by atoms with Crippen molar-refractivity contribution < 1.29 is 14.2 Å². The number of ether oxygens (including phenoxy) is 3. The molecule has 32 heavy (non-hydrogen) atoms. The van der Waals surface area contributed by atoms with E-state index in [0.29, 0.717) is 32.8 Å². The van der Waals surface area contributed by atoms with Gasteiger partial charge in [0.05, 0.1) is 43.9 Å². The Bertz CT molecular complexity index is 925. The maximum absolute atomic E-state index is 6.32. The van der Waals surface area contributed by atoms with E-state index < -0.39 is 0 Å². The molecule has 0 bridgehead atoms. The van der Waals surface area contributed by atoms with Gasteiger partial charge in [-0.25, -0.2) is 0 Å². The summed E-state index contributed by atoms with van der Waals surface area (Å²) in [6.45, 7) is 1.86. The van der Waals surface area contributed by atoms with Crippen LogP contribution in [-0.2, 0) is 34.0 Å². The van der Waals surface area contributed by atoms with Crippen molar-refractivity contribution in [3.63, 3.8) is 0 Å². The number of rotatable bonds is 13. The topological polar surface area (TPSA) is 27.7 Å². The van der Waals surface area contributed by atoms with Gasteiger partial charge < -0.3 is 14.2 Å². The quantitative estimate of drug-likeness (QED) is 0.270. The Morgan fingerprint density at radius 3 is 1.66 bits per heavy atom. The second-order valence-electron chi connectivity index (χ2n) is 7.57. The fourth-order valence-electron chi connectivity index (χ4n) is 3.36. The average Bonchev–Trinajstić information content (AvgIpc) is 2.84. The molecule has 0 amide bonds. The largest absolute Gasteiger partial charge is 0.376 e. The van der Waals surface area contributed by atoms with Crippen molar-refractivity contribution in [1.29, 1.82) is 0 Å². The highest BCUT2D eigenvalue weighted by Crippen LogP contribution is 2.21. The number of hydrogen-bond acceptors (Lipinski definition) is 4. The Kier molecular flexibility index (Phi) is 10.4.